The number of benzene rings is 2. The molecule has 1 N–H and O–H groups in total. The Morgan fingerprint density at radius 1 is 1.06 bits per heavy atom. The van der Waals surface area contributed by atoms with Crippen LogP contribution >= 0.6 is 45.2 Å². The third-order valence-corrected chi connectivity index (χ3v) is 5.63. The lowest BCUT2D eigenvalue weighted by atomic mass is 10.2. The molecule has 3 rings (SSSR count). The summed E-state index contributed by atoms with van der Waals surface area (Å²) in [5.74, 6) is 1.42. The molecule has 1 heterocycles. The maximum Gasteiger partial charge on any atom is 0.417 e. The van der Waals surface area contributed by atoms with Gasteiger partial charge >= 0.3 is 6.18 Å². The van der Waals surface area contributed by atoms with E-state index in [1.165, 1.54) is 12.3 Å². The van der Waals surface area contributed by atoms with Crippen LogP contribution in [0.3, 0.4) is 0 Å². The van der Waals surface area contributed by atoms with E-state index in [-0.39, 0.29) is 5.82 Å². The molecule has 1 aromatic heterocycles. The molecule has 0 bridgehead atoms. The molecule has 2 aromatic carbocycles. The van der Waals surface area contributed by atoms with Crippen LogP contribution in [0.1, 0.15) is 23.6 Å². The Balaban J connectivity index is 1.71. The number of rotatable bonds is 8. The Kier molecular flexibility index (Phi) is 8.57. The zero-order chi connectivity index (χ0) is 23.1. The van der Waals surface area contributed by atoms with Crippen LogP contribution in [0.5, 0.6) is 11.5 Å². The van der Waals surface area contributed by atoms with Crippen molar-refractivity contribution < 1.29 is 22.6 Å². The van der Waals surface area contributed by atoms with E-state index in [0.717, 1.165) is 30.5 Å². The molecule has 0 aliphatic heterocycles. The van der Waals surface area contributed by atoms with Crippen molar-refractivity contribution in [3.8, 4) is 11.5 Å². The SMILES string of the molecule is CCOc1cc(/C=N\Nc2ccc(C(F)(F)F)cn2)cc(I)c1OCc1ccc(I)cc1. The van der Waals surface area contributed by atoms with Gasteiger partial charge < -0.3 is 9.47 Å². The number of hydrogen-bond acceptors (Lipinski definition) is 5. The highest BCUT2D eigenvalue weighted by Crippen LogP contribution is 2.34. The Hall–Kier alpha value is -2.09. The van der Waals surface area contributed by atoms with E-state index in [1.807, 2.05) is 37.3 Å². The molecule has 0 saturated heterocycles. The van der Waals surface area contributed by atoms with Crippen LogP contribution in [0, 0.1) is 7.14 Å². The van der Waals surface area contributed by atoms with Crippen LogP contribution in [0.25, 0.3) is 0 Å². The minimum absolute atomic E-state index is 0.200. The number of hydrazone groups is 1. The molecule has 5 nitrogen and oxygen atoms in total. The molecule has 0 saturated carbocycles. The predicted octanol–water partition coefficient (Wildman–Crippen LogP) is 6.73. The van der Waals surface area contributed by atoms with Gasteiger partial charge in [-0.1, -0.05) is 12.1 Å². The number of halogens is 5. The summed E-state index contributed by atoms with van der Waals surface area (Å²) in [7, 11) is 0. The molecule has 0 atom stereocenters. The molecular weight excluding hydrogens is 649 g/mol. The fraction of sp³-hybridized carbons (Fsp3) is 0.182. The molecule has 0 radical (unpaired) electrons. The summed E-state index contributed by atoms with van der Waals surface area (Å²) in [5.41, 5.74) is 3.59. The second kappa shape index (κ2) is 11.2. The van der Waals surface area contributed by atoms with E-state index in [0.29, 0.717) is 24.7 Å². The van der Waals surface area contributed by atoms with Crippen molar-refractivity contribution in [1.29, 1.82) is 0 Å². The minimum Gasteiger partial charge on any atom is -0.490 e. The van der Waals surface area contributed by atoms with Gasteiger partial charge in [-0.05, 0) is 99.6 Å². The van der Waals surface area contributed by atoms with Gasteiger partial charge in [0.1, 0.15) is 12.4 Å². The number of nitrogens with one attached hydrogen (secondary N) is 1. The van der Waals surface area contributed by atoms with Crippen molar-refractivity contribution in [3.05, 3.63) is 78.6 Å². The van der Waals surface area contributed by atoms with Crippen molar-refractivity contribution in [3.63, 3.8) is 0 Å². The molecular formula is C22H18F3I2N3O2. The molecule has 0 spiro atoms. The number of nitrogens with zero attached hydrogens (tertiary/aromatic N) is 2. The maximum absolute atomic E-state index is 12.6. The van der Waals surface area contributed by atoms with Gasteiger partial charge in [-0.15, -0.1) is 0 Å². The lowest BCUT2D eigenvalue weighted by Crippen LogP contribution is -2.05. The van der Waals surface area contributed by atoms with E-state index in [2.05, 4.69) is 60.7 Å². The normalized spacial score (nSPS) is 11.6. The van der Waals surface area contributed by atoms with Crippen LogP contribution in [-0.4, -0.2) is 17.8 Å². The molecule has 0 amide bonds. The van der Waals surface area contributed by atoms with E-state index in [9.17, 15) is 13.2 Å². The summed E-state index contributed by atoms with van der Waals surface area (Å²) in [6.07, 6.45) is -2.13. The zero-order valence-corrected chi connectivity index (χ0v) is 21.1. The molecule has 0 aliphatic carbocycles. The number of hydrogen-bond donors (Lipinski definition) is 1. The quantitative estimate of drug-likeness (QED) is 0.165. The van der Waals surface area contributed by atoms with Gasteiger partial charge in [0.05, 0.1) is 22.0 Å². The third kappa shape index (κ3) is 6.95. The van der Waals surface area contributed by atoms with E-state index >= 15 is 0 Å². The van der Waals surface area contributed by atoms with E-state index in [4.69, 9.17) is 9.47 Å². The molecule has 32 heavy (non-hydrogen) atoms. The topological polar surface area (TPSA) is 55.7 Å². The Morgan fingerprint density at radius 2 is 1.81 bits per heavy atom. The monoisotopic (exact) mass is 667 g/mol. The largest absolute Gasteiger partial charge is 0.490 e. The third-order valence-electron chi connectivity index (χ3n) is 4.11. The Labute approximate surface area is 210 Å². The highest BCUT2D eigenvalue weighted by Gasteiger charge is 2.30. The molecule has 0 fully saturated rings. The second-order valence-corrected chi connectivity index (χ2v) is 8.89. The number of pyridine rings is 1. The molecule has 168 valence electrons. The Bertz CT molecular complexity index is 1070. The zero-order valence-electron chi connectivity index (χ0n) is 16.8. The van der Waals surface area contributed by atoms with Crippen LogP contribution < -0.4 is 14.9 Å². The number of ether oxygens (including phenoxy) is 2. The van der Waals surface area contributed by atoms with Gasteiger partial charge in [-0.25, -0.2) is 4.98 Å². The van der Waals surface area contributed by atoms with E-state index < -0.39 is 11.7 Å². The van der Waals surface area contributed by atoms with E-state index in [1.54, 1.807) is 6.07 Å². The highest BCUT2D eigenvalue weighted by molar-refractivity contribution is 14.1. The van der Waals surface area contributed by atoms with Crippen molar-refractivity contribution in [2.75, 3.05) is 12.0 Å². The summed E-state index contributed by atoms with van der Waals surface area (Å²) >= 11 is 4.42. The first kappa shape index (κ1) is 24.6. The standard InChI is InChI=1S/C22H18F3I2N3O2/c1-2-31-19-10-15(11-29-30-20-8-5-16(12-28-20)22(23,24)25)9-18(27)21(19)32-13-14-3-6-17(26)7-4-14/h3-12H,2,13H2,1H3,(H,28,30)/b29-11-. The highest BCUT2D eigenvalue weighted by atomic mass is 127. The summed E-state index contributed by atoms with van der Waals surface area (Å²) in [5, 5.41) is 4.06. The molecule has 10 heteroatoms. The van der Waals surface area contributed by atoms with Crippen LogP contribution in [-0.2, 0) is 12.8 Å². The lowest BCUT2D eigenvalue weighted by Gasteiger charge is -2.15. The van der Waals surface area contributed by atoms with Crippen molar-refractivity contribution in [2.24, 2.45) is 5.10 Å². The maximum atomic E-state index is 12.6. The average Bonchev–Trinajstić information content (AvgIpc) is 2.74. The van der Waals surface area contributed by atoms with Crippen LogP contribution in [0.15, 0.2) is 59.8 Å². The van der Waals surface area contributed by atoms with Crippen LogP contribution in [0.4, 0.5) is 19.0 Å². The minimum atomic E-state index is -4.43. The van der Waals surface area contributed by atoms with Crippen molar-refractivity contribution in [1.82, 2.24) is 4.98 Å². The fourth-order valence-electron chi connectivity index (χ4n) is 2.60. The van der Waals surface area contributed by atoms with Gasteiger partial charge in [-0.2, -0.15) is 18.3 Å². The lowest BCUT2D eigenvalue weighted by molar-refractivity contribution is -0.137. The second-order valence-electron chi connectivity index (χ2n) is 6.48. The molecule has 0 unspecified atom stereocenters. The Morgan fingerprint density at radius 3 is 2.44 bits per heavy atom. The van der Waals surface area contributed by atoms with Crippen molar-refractivity contribution >= 4 is 57.2 Å². The number of aromatic nitrogens is 1. The van der Waals surface area contributed by atoms with Gasteiger partial charge in [0.15, 0.2) is 11.5 Å². The van der Waals surface area contributed by atoms with Crippen molar-refractivity contribution in [2.45, 2.75) is 19.7 Å². The smallest absolute Gasteiger partial charge is 0.417 e. The summed E-state index contributed by atoms with van der Waals surface area (Å²) in [4.78, 5) is 3.72. The first-order valence-corrected chi connectivity index (χ1v) is 11.6. The van der Waals surface area contributed by atoms with Gasteiger partial charge in [0.25, 0.3) is 0 Å². The summed E-state index contributed by atoms with van der Waals surface area (Å²) in [6, 6.07) is 13.9. The molecule has 3 aromatic rings. The fourth-order valence-corrected chi connectivity index (χ4v) is 3.74. The predicted molar refractivity (Wildman–Crippen MR) is 134 cm³/mol. The number of anilines is 1. The first-order valence-electron chi connectivity index (χ1n) is 9.42. The average molecular weight is 667 g/mol. The number of alkyl halides is 3. The van der Waals surface area contributed by atoms with Crippen LogP contribution in [0.2, 0.25) is 0 Å². The van der Waals surface area contributed by atoms with Gasteiger partial charge in [0, 0.05) is 9.77 Å². The first-order chi connectivity index (χ1) is 15.3. The van der Waals surface area contributed by atoms with Gasteiger partial charge in [-0.3, -0.25) is 5.43 Å². The van der Waals surface area contributed by atoms with Gasteiger partial charge in [0.2, 0.25) is 0 Å². The summed E-state index contributed by atoms with van der Waals surface area (Å²) in [6.45, 7) is 2.75. The molecule has 0 aliphatic rings. The summed E-state index contributed by atoms with van der Waals surface area (Å²) < 4.78 is 51.6.